The van der Waals surface area contributed by atoms with E-state index >= 15 is 0 Å². The summed E-state index contributed by atoms with van der Waals surface area (Å²) in [4.78, 5) is 38.5. The molecule has 2 aromatic rings. The summed E-state index contributed by atoms with van der Waals surface area (Å²) in [6, 6.07) is 13.0. The molecule has 0 atom stereocenters. The van der Waals surface area contributed by atoms with Crippen LogP contribution < -0.4 is 15.2 Å². The molecule has 0 saturated carbocycles. The first kappa shape index (κ1) is 18.9. The lowest BCUT2D eigenvalue weighted by Crippen LogP contribution is -2.36. The molecule has 0 aliphatic carbocycles. The van der Waals surface area contributed by atoms with E-state index in [-0.39, 0.29) is 24.1 Å². The van der Waals surface area contributed by atoms with Crippen molar-refractivity contribution in [1.82, 2.24) is 0 Å². The van der Waals surface area contributed by atoms with Gasteiger partial charge >= 0.3 is 0 Å². The molecule has 3 amide bonds. The fourth-order valence-corrected chi connectivity index (χ4v) is 3.69. The molecule has 0 fully saturated rings. The molecule has 0 bridgehead atoms. The molecule has 0 unspecified atom stereocenters. The molecule has 0 spiro atoms. The van der Waals surface area contributed by atoms with E-state index in [1.54, 1.807) is 24.0 Å². The fourth-order valence-electron chi connectivity index (χ4n) is 3.69. The molecular formula is C22H22N4O3. The van der Waals surface area contributed by atoms with Crippen molar-refractivity contribution in [2.24, 2.45) is 5.10 Å². The third kappa shape index (κ3) is 3.76. The van der Waals surface area contributed by atoms with Crippen molar-refractivity contribution >= 4 is 40.5 Å². The monoisotopic (exact) mass is 390 g/mol. The molecule has 7 nitrogen and oxygen atoms in total. The summed E-state index contributed by atoms with van der Waals surface area (Å²) in [5.74, 6) is -0.441. The second-order valence-corrected chi connectivity index (χ2v) is 7.31. The summed E-state index contributed by atoms with van der Waals surface area (Å²) in [6.07, 6.45) is 1.29. The number of nitrogens with one attached hydrogen (secondary N) is 1. The quantitative estimate of drug-likeness (QED) is 0.875. The standard InChI is InChI=1S/C22H22N4O3/c1-14-4-3-5-18(12-14)26-21(28)9-7-19(24-26)22(29)23-17-6-8-20-16(13-17)10-11-25(20)15(2)27/h3-6,8,12-13H,7,9-11H2,1-2H3,(H,23,29). The van der Waals surface area contributed by atoms with E-state index in [1.165, 1.54) is 5.01 Å². The average molecular weight is 390 g/mol. The number of hydrogen-bond acceptors (Lipinski definition) is 4. The van der Waals surface area contributed by atoms with Gasteiger partial charge < -0.3 is 10.2 Å². The maximum atomic E-state index is 12.7. The first-order chi connectivity index (χ1) is 13.9. The van der Waals surface area contributed by atoms with E-state index in [0.717, 1.165) is 23.2 Å². The number of carbonyl (C=O) groups excluding carboxylic acids is 3. The van der Waals surface area contributed by atoms with Crippen molar-refractivity contribution in [2.45, 2.75) is 33.1 Å². The first-order valence-electron chi connectivity index (χ1n) is 9.62. The number of hydrogen-bond donors (Lipinski definition) is 1. The van der Waals surface area contributed by atoms with E-state index in [4.69, 9.17) is 0 Å². The Balaban J connectivity index is 1.53. The Kier molecular flexibility index (Phi) is 4.88. The highest BCUT2D eigenvalue weighted by Crippen LogP contribution is 2.30. The fraction of sp³-hybridized carbons (Fsp3) is 0.273. The number of nitrogens with zero attached hydrogens (tertiary/aromatic N) is 3. The van der Waals surface area contributed by atoms with Gasteiger partial charge in [-0.2, -0.15) is 5.10 Å². The Morgan fingerprint density at radius 2 is 1.90 bits per heavy atom. The van der Waals surface area contributed by atoms with Gasteiger partial charge in [0.05, 0.1) is 5.69 Å². The number of carbonyl (C=O) groups is 3. The second kappa shape index (κ2) is 7.50. The summed E-state index contributed by atoms with van der Waals surface area (Å²) in [5, 5.41) is 8.49. The van der Waals surface area contributed by atoms with Crippen LogP contribution in [-0.4, -0.2) is 30.0 Å². The molecule has 2 aliphatic rings. The molecular weight excluding hydrogens is 368 g/mol. The molecule has 2 aromatic carbocycles. The van der Waals surface area contributed by atoms with Gasteiger partial charge in [0.2, 0.25) is 11.8 Å². The van der Waals surface area contributed by atoms with Crippen LogP contribution in [0.4, 0.5) is 17.1 Å². The molecule has 2 aliphatic heterocycles. The highest BCUT2D eigenvalue weighted by Gasteiger charge is 2.26. The van der Waals surface area contributed by atoms with Crippen molar-refractivity contribution < 1.29 is 14.4 Å². The van der Waals surface area contributed by atoms with Gasteiger partial charge in [0.1, 0.15) is 5.71 Å². The number of anilines is 3. The van der Waals surface area contributed by atoms with E-state index in [0.29, 0.717) is 30.1 Å². The van der Waals surface area contributed by atoms with Crippen LogP contribution in [0.2, 0.25) is 0 Å². The SMILES string of the molecule is CC(=O)N1CCc2cc(NC(=O)C3=NN(c4cccc(C)c4)C(=O)CC3)ccc21. The summed E-state index contributed by atoms with van der Waals surface area (Å²) >= 11 is 0. The highest BCUT2D eigenvalue weighted by atomic mass is 16.2. The minimum atomic E-state index is -0.323. The zero-order valence-electron chi connectivity index (χ0n) is 16.4. The smallest absolute Gasteiger partial charge is 0.271 e. The van der Waals surface area contributed by atoms with Crippen molar-refractivity contribution in [3.05, 3.63) is 53.6 Å². The van der Waals surface area contributed by atoms with Gasteiger partial charge in [-0.15, -0.1) is 0 Å². The van der Waals surface area contributed by atoms with E-state index in [9.17, 15) is 14.4 Å². The Bertz CT molecular complexity index is 1040. The summed E-state index contributed by atoms with van der Waals surface area (Å²) < 4.78 is 0. The molecule has 0 saturated heterocycles. The molecule has 0 aromatic heterocycles. The number of fused-ring (bicyclic) bond motifs is 1. The van der Waals surface area contributed by atoms with Crippen LogP contribution in [0.5, 0.6) is 0 Å². The largest absolute Gasteiger partial charge is 0.321 e. The lowest BCUT2D eigenvalue weighted by atomic mass is 10.1. The minimum Gasteiger partial charge on any atom is -0.321 e. The van der Waals surface area contributed by atoms with E-state index < -0.39 is 0 Å². The van der Waals surface area contributed by atoms with Crippen molar-refractivity contribution in [3.63, 3.8) is 0 Å². The lowest BCUT2D eigenvalue weighted by Gasteiger charge is -2.23. The van der Waals surface area contributed by atoms with Crippen LogP contribution in [0.25, 0.3) is 0 Å². The van der Waals surface area contributed by atoms with Gasteiger partial charge in [-0.3, -0.25) is 14.4 Å². The zero-order valence-corrected chi connectivity index (χ0v) is 16.4. The Morgan fingerprint density at radius 3 is 2.66 bits per heavy atom. The third-order valence-corrected chi connectivity index (χ3v) is 5.15. The van der Waals surface area contributed by atoms with Crippen LogP contribution >= 0.6 is 0 Å². The van der Waals surface area contributed by atoms with Crippen molar-refractivity contribution in [3.8, 4) is 0 Å². The number of benzene rings is 2. The number of aryl methyl sites for hydroxylation is 1. The predicted octanol–water partition coefficient (Wildman–Crippen LogP) is 3.03. The van der Waals surface area contributed by atoms with Gasteiger partial charge in [-0.1, -0.05) is 12.1 Å². The third-order valence-electron chi connectivity index (χ3n) is 5.15. The zero-order chi connectivity index (χ0) is 20.5. The lowest BCUT2D eigenvalue weighted by molar-refractivity contribution is -0.119. The van der Waals surface area contributed by atoms with Crippen LogP contribution in [0, 0.1) is 6.92 Å². The molecule has 4 rings (SSSR count). The normalized spacial score (nSPS) is 15.8. The average Bonchev–Trinajstić information content (AvgIpc) is 3.12. The molecule has 148 valence electrons. The summed E-state index contributed by atoms with van der Waals surface area (Å²) in [6.45, 7) is 4.14. The van der Waals surface area contributed by atoms with Crippen LogP contribution in [-0.2, 0) is 20.8 Å². The van der Waals surface area contributed by atoms with Crippen LogP contribution in [0.15, 0.2) is 47.6 Å². The Morgan fingerprint density at radius 1 is 1.07 bits per heavy atom. The Hall–Kier alpha value is -3.48. The maximum Gasteiger partial charge on any atom is 0.271 e. The highest BCUT2D eigenvalue weighted by molar-refractivity contribution is 6.44. The number of rotatable bonds is 3. The van der Waals surface area contributed by atoms with Gasteiger partial charge in [-0.05, 0) is 54.8 Å². The first-order valence-corrected chi connectivity index (χ1v) is 9.62. The maximum absolute atomic E-state index is 12.7. The minimum absolute atomic E-state index is 0.0120. The van der Waals surface area contributed by atoms with Crippen LogP contribution in [0.1, 0.15) is 30.9 Å². The van der Waals surface area contributed by atoms with Crippen molar-refractivity contribution in [1.29, 1.82) is 0 Å². The summed E-state index contributed by atoms with van der Waals surface area (Å²) in [5.41, 5.74) is 4.56. The van der Waals surface area contributed by atoms with Crippen LogP contribution in [0.3, 0.4) is 0 Å². The van der Waals surface area contributed by atoms with Gasteiger partial charge in [0.15, 0.2) is 0 Å². The molecule has 29 heavy (non-hydrogen) atoms. The Labute approximate surface area is 169 Å². The number of amides is 3. The number of hydrazone groups is 1. The second-order valence-electron chi connectivity index (χ2n) is 7.31. The topological polar surface area (TPSA) is 82.1 Å². The van der Waals surface area contributed by atoms with Gasteiger partial charge in [-0.25, -0.2) is 5.01 Å². The van der Waals surface area contributed by atoms with E-state index in [2.05, 4.69) is 10.4 Å². The van der Waals surface area contributed by atoms with Gasteiger partial charge in [0.25, 0.3) is 5.91 Å². The van der Waals surface area contributed by atoms with Gasteiger partial charge in [0, 0.05) is 37.7 Å². The van der Waals surface area contributed by atoms with Crippen molar-refractivity contribution in [2.75, 3.05) is 21.8 Å². The summed E-state index contributed by atoms with van der Waals surface area (Å²) in [7, 11) is 0. The predicted molar refractivity (Wildman–Crippen MR) is 112 cm³/mol. The molecule has 0 radical (unpaired) electrons. The molecule has 7 heteroatoms. The molecule has 2 heterocycles. The molecule has 1 N–H and O–H groups in total. The van der Waals surface area contributed by atoms with E-state index in [1.807, 2.05) is 37.3 Å².